The van der Waals surface area contributed by atoms with Crippen LogP contribution in [-0.2, 0) is 0 Å². The molecule has 0 spiro atoms. The third kappa shape index (κ3) is 10.1. The molecule has 10 rings (SSSR count). The lowest BCUT2D eigenvalue weighted by Crippen LogP contribution is -2.47. The summed E-state index contributed by atoms with van der Waals surface area (Å²) in [6.07, 6.45) is 3.67. The molecule has 5 N–H and O–H groups in total. The van der Waals surface area contributed by atoms with E-state index in [0.29, 0.717) is 60.8 Å². The third-order valence-corrected chi connectivity index (χ3v) is 12.3. The van der Waals surface area contributed by atoms with Gasteiger partial charge in [0.05, 0.1) is 46.3 Å². The highest BCUT2D eigenvalue weighted by Gasteiger charge is 2.44. The van der Waals surface area contributed by atoms with Gasteiger partial charge in [-0.05, 0) is 93.8 Å². The smallest absolute Gasteiger partial charge is 0.393 e. The molecule has 4 atom stereocenters. The number of hydrogen-bond acceptors (Lipinski definition) is 12. The van der Waals surface area contributed by atoms with Gasteiger partial charge >= 0.3 is 12.4 Å². The predicted octanol–water partition coefficient (Wildman–Crippen LogP) is 7.82. The normalized spacial score (nSPS) is 22.9. The molecule has 0 radical (unpaired) electrons. The first-order chi connectivity index (χ1) is 29.8. The molecule has 332 valence electrons. The van der Waals surface area contributed by atoms with Crippen LogP contribution in [0.5, 0.6) is 0 Å². The number of nitrogens with one attached hydrogen (secondary N) is 3. The van der Waals surface area contributed by atoms with Gasteiger partial charge in [0.1, 0.15) is 11.6 Å². The van der Waals surface area contributed by atoms with E-state index in [9.17, 15) is 31.1 Å². The second-order valence-electron chi connectivity index (χ2n) is 16.8. The van der Waals surface area contributed by atoms with E-state index in [1.54, 1.807) is 58.7 Å². The lowest BCUT2D eigenvalue weighted by atomic mass is 9.96. The molecule has 4 fully saturated rings. The number of hydrogen-bond donors (Lipinski definition) is 4. The Morgan fingerprint density at radius 2 is 1.23 bits per heavy atom. The summed E-state index contributed by atoms with van der Waals surface area (Å²) in [5.74, 6) is -0.657. The number of fused-ring (bicyclic) bond motifs is 8. The summed E-state index contributed by atoms with van der Waals surface area (Å²) in [7, 11) is 0. The Bertz CT molecular complexity index is 2150. The molecule has 0 aliphatic carbocycles. The standard InChI is InChI=1S/C22H25F3N6O.C16H21F3N4.C5H6N2/c23-22(24,25)14-4-2-9-31(12-14)20-17(21(32)28-15-5-1-7-26-11-15)10-18-19(29-20)27-16-6-3-8-30(18)13-16;17-16(18,19)11-3-1-8-23(9-11)14-6-5-13-15(21-14)20-12-4-2-7-22(13)10-12;6-5-2-1-3-7-4-5/h1,5,7,10-11,14,16H,2-4,6,8-9,12-13H2,(H,27,29)(H,28,32);5-6,11-12H,1-4,7-10H2,(H,20,21);1-4H,6H2/t14?,16-;11?,12-;/m00./s1. The molecule has 10 heterocycles. The van der Waals surface area contributed by atoms with Crippen LogP contribution in [0.15, 0.2) is 67.3 Å². The van der Waals surface area contributed by atoms with Gasteiger partial charge < -0.3 is 41.3 Å². The maximum absolute atomic E-state index is 13.5. The Labute approximate surface area is 356 Å². The summed E-state index contributed by atoms with van der Waals surface area (Å²) in [5.41, 5.74) is 8.70. The van der Waals surface area contributed by atoms with Crippen LogP contribution in [0.3, 0.4) is 0 Å². The molecular formula is C43H52F6N12O. The molecule has 4 aromatic rings. The van der Waals surface area contributed by atoms with E-state index in [0.717, 1.165) is 69.1 Å². The van der Waals surface area contributed by atoms with E-state index >= 15 is 0 Å². The molecule has 6 aliphatic rings. The minimum atomic E-state index is -4.27. The zero-order valence-corrected chi connectivity index (χ0v) is 34.3. The molecule has 2 unspecified atom stereocenters. The highest BCUT2D eigenvalue weighted by Crippen LogP contribution is 2.41. The van der Waals surface area contributed by atoms with Gasteiger partial charge in [-0.1, -0.05) is 0 Å². The summed E-state index contributed by atoms with van der Waals surface area (Å²) in [5, 5.41) is 9.68. The molecule has 4 aromatic heterocycles. The number of carbonyl (C=O) groups excluding carboxylic acids is 1. The fraction of sp³-hybridized carbons (Fsp3) is 0.512. The van der Waals surface area contributed by atoms with Crippen LogP contribution in [0.4, 0.5) is 72.4 Å². The van der Waals surface area contributed by atoms with Gasteiger partial charge in [-0.3, -0.25) is 14.8 Å². The second-order valence-corrected chi connectivity index (χ2v) is 16.8. The van der Waals surface area contributed by atoms with Gasteiger partial charge in [-0.25, -0.2) is 9.97 Å². The summed E-state index contributed by atoms with van der Waals surface area (Å²) in [6.45, 7) is 4.62. The van der Waals surface area contributed by atoms with Crippen LogP contribution >= 0.6 is 0 Å². The van der Waals surface area contributed by atoms with Crippen molar-refractivity contribution in [1.82, 2.24) is 19.9 Å². The van der Waals surface area contributed by atoms with Crippen molar-refractivity contribution in [3.8, 4) is 0 Å². The van der Waals surface area contributed by atoms with E-state index in [-0.39, 0.29) is 37.5 Å². The first-order valence-corrected chi connectivity index (χ1v) is 21.4. The number of piperidine rings is 4. The molecule has 62 heavy (non-hydrogen) atoms. The third-order valence-electron chi connectivity index (χ3n) is 12.3. The molecule has 19 heteroatoms. The van der Waals surface area contributed by atoms with Gasteiger partial charge in [0.2, 0.25) is 0 Å². The number of rotatable bonds is 4. The molecule has 4 saturated heterocycles. The lowest BCUT2D eigenvalue weighted by molar-refractivity contribution is -0.176. The number of nitrogens with zero attached hydrogens (tertiary/aromatic N) is 8. The lowest BCUT2D eigenvalue weighted by Gasteiger charge is -2.42. The number of alkyl halides is 6. The second kappa shape index (κ2) is 18.3. The van der Waals surface area contributed by atoms with Gasteiger partial charge in [0.25, 0.3) is 5.91 Å². The van der Waals surface area contributed by atoms with Crippen molar-refractivity contribution in [1.29, 1.82) is 0 Å². The Hall–Kier alpha value is -5.75. The topological polar surface area (TPSA) is 144 Å². The van der Waals surface area contributed by atoms with Crippen LogP contribution in [0.25, 0.3) is 0 Å². The van der Waals surface area contributed by atoms with Gasteiger partial charge in [0, 0.05) is 83.0 Å². The van der Waals surface area contributed by atoms with E-state index in [2.05, 4.69) is 40.7 Å². The summed E-state index contributed by atoms with van der Waals surface area (Å²) in [4.78, 5) is 38.3. The molecule has 6 aliphatic heterocycles. The van der Waals surface area contributed by atoms with Crippen LogP contribution in [0.1, 0.15) is 61.7 Å². The Morgan fingerprint density at radius 1 is 0.661 bits per heavy atom. The number of anilines is 8. The van der Waals surface area contributed by atoms with Gasteiger partial charge in [0.15, 0.2) is 11.6 Å². The van der Waals surface area contributed by atoms with Crippen molar-refractivity contribution >= 4 is 51.9 Å². The quantitative estimate of drug-likeness (QED) is 0.149. The monoisotopic (exact) mass is 866 g/mol. The molecule has 1 amide bonds. The highest BCUT2D eigenvalue weighted by atomic mass is 19.4. The van der Waals surface area contributed by atoms with Crippen LogP contribution < -0.4 is 41.3 Å². The van der Waals surface area contributed by atoms with Gasteiger partial charge in [-0.2, -0.15) is 26.3 Å². The van der Waals surface area contributed by atoms with Crippen molar-refractivity contribution in [2.45, 2.75) is 75.8 Å². The number of nitrogens with two attached hydrogens (primary N) is 1. The van der Waals surface area contributed by atoms with Crippen LogP contribution in [0, 0.1) is 11.8 Å². The number of pyridine rings is 4. The van der Waals surface area contributed by atoms with E-state index in [1.807, 2.05) is 12.1 Å². The SMILES string of the molecule is FC(F)(F)C1CCCN(c2ccc3c(n2)N[C@H]2CCCN3C2)C1.Nc1cccnc1.O=C(Nc1cccnc1)c1cc2c(nc1N1CCCC(C(F)(F)F)C1)N[C@H]1CCCN2C1. The van der Waals surface area contributed by atoms with Crippen molar-refractivity contribution in [2.75, 3.05) is 93.6 Å². The average molecular weight is 867 g/mol. The van der Waals surface area contributed by atoms with Crippen molar-refractivity contribution in [3.05, 3.63) is 72.8 Å². The van der Waals surface area contributed by atoms with Crippen LogP contribution in [-0.4, -0.2) is 103 Å². The van der Waals surface area contributed by atoms with Gasteiger partial charge in [-0.15, -0.1) is 0 Å². The first-order valence-electron chi connectivity index (χ1n) is 21.4. The number of aromatic nitrogens is 4. The summed E-state index contributed by atoms with van der Waals surface area (Å²) >= 11 is 0. The fourth-order valence-electron chi connectivity index (χ4n) is 9.14. The largest absolute Gasteiger partial charge is 0.397 e. The average Bonchev–Trinajstić information content (AvgIpc) is 3.27. The Balaban J connectivity index is 0.000000153. The number of amides is 1. The molecular weight excluding hydrogens is 815 g/mol. The van der Waals surface area contributed by atoms with Crippen molar-refractivity contribution in [2.24, 2.45) is 11.8 Å². The Kier molecular flexibility index (Phi) is 12.7. The maximum atomic E-state index is 13.5. The molecule has 13 nitrogen and oxygen atoms in total. The zero-order chi connectivity index (χ0) is 43.4. The first kappa shape index (κ1) is 42.9. The van der Waals surface area contributed by atoms with Crippen molar-refractivity contribution in [3.63, 3.8) is 0 Å². The molecule has 4 bridgehead atoms. The Morgan fingerprint density at radius 3 is 1.81 bits per heavy atom. The minimum Gasteiger partial charge on any atom is -0.397 e. The highest BCUT2D eigenvalue weighted by molar-refractivity contribution is 6.08. The maximum Gasteiger partial charge on any atom is 0.393 e. The van der Waals surface area contributed by atoms with E-state index in [1.165, 1.54) is 6.20 Å². The number of halogens is 6. The van der Waals surface area contributed by atoms with E-state index in [4.69, 9.17) is 10.7 Å². The summed E-state index contributed by atoms with van der Waals surface area (Å²) in [6, 6.07) is 13.3. The number of nitrogen functional groups attached to an aromatic ring is 1. The fourth-order valence-corrected chi connectivity index (χ4v) is 9.14. The predicted molar refractivity (Wildman–Crippen MR) is 229 cm³/mol. The molecule has 0 aromatic carbocycles. The van der Waals surface area contributed by atoms with Crippen LogP contribution in [0.2, 0.25) is 0 Å². The van der Waals surface area contributed by atoms with E-state index < -0.39 is 30.1 Å². The minimum absolute atomic E-state index is 0.0163. The molecule has 0 saturated carbocycles. The number of carbonyl (C=O) groups is 1. The zero-order valence-electron chi connectivity index (χ0n) is 34.3. The summed E-state index contributed by atoms with van der Waals surface area (Å²) < 4.78 is 79.3. The van der Waals surface area contributed by atoms with Crippen molar-refractivity contribution < 1.29 is 31.1 Å².